The van der Waals surface area contributed by atoms with E-state index in [0.717, 1.165) is 11.1 Å². The van der Waals surface area contributed by atoms with Crippen molar-refractivity contribution < 1.29 is 13.8 Å². The third-order valence-corrected chi connectivity index (χ3v) is 3.43. The summed E-state index contributed by atoms with van der Waals surface area (Å²) in [6.07, 6.45) is 3.00. The van der Waals surface area contributed by atoms with Gasteiger partial charge in [-0.05, 0) is 18.2 Å². The molecular formula is C16H9N3O4. The van der Waals surface area contributed by atoms with Crippen molar-refractivity contribution in [2.24, 2.45) is 0 Å². The number of hydrogen-bond donors (Lipinski definition) is 0. The van der Waals surface area contributed by atoms with Gasteiger partial charge in [0.1, 0.15) is 5.52 Å². The van der Waals surface area contributed by atoms with E-state index in [4.69, 9.17) is 8.83 Å². The van der Waals surface area contributed by atoms with Gasteiger partial charge in [0.25, 0.3) is 5.69 Å². The molecule has 2 heterocycles. The summed E-state index contributed by atoms with van der Waals surface area (Å²) < 4.78 is 10.9. The summed E-state index contributed by atoms with van der Waals surface area (Å²) in [5, 5.41) is 10.8. The van der Waals surface area contributed by atoms with Gasteiger partial charge in [-0.3, -0.25) is 10.1 Å². The monoisotopic (exact) mass is 307 g/mol. The number of nitrogens with zero attached hydrogens (tertiary/aromatic N) is 3. The third-order valence-electron chi connectivity index (χ3n) is 3.43. The molecule has 7 heteroatoms. The Morgan fingerprint density at radius 3 is 2.52 bits per heavy atom. The van der Waals surface area contributed by atoms with Crippen molar-refractivity contribution in [1.82, 2.24) is 9.97 Å². The van der Waals surface area contributed by atoms with E-state index in [9.17, 15) is 10.1 Å². The van der Waals surface area contributed by atoms with Crippen LogP contribution in [0.3, 0.4) is 0 Å². The zero-order chi connectivity index (χ0) is 15.8. The molecule has 4 aromatic rings. The molecule has 23 heavy (non-hydrogen) atoms. The van der Waals surface area contributed by atoms with E-state index in [0.29, 0.717) is 22.8 Å². The quantitative estimate of drug-likeness (QED) is 0.418. The van der Waals surface area contributed by atoms with Crippen molar-refractivity contribution in [3.05, 3.63) is 65.2 Å². The number of fused-ring (bicyclic) bond motifs is 1. The topological polar surface area (TPSA) is 95.2 Å². The van der Waals surface area contributed by atoms with E-state index in [1.54, 1.807) is 12.3 Å². The van der Waals surface area contributed by atoms with Gasteiger partial charge in [-0.15, -0.1) is 0 Å². The fraction of sp³-hybridized carbons (Fsp3) is 0. The predicted octanol–water partition coefficient (Wildman–Crippen LogP) is 4.06. The highest BCUT2D eigenvalue weighted by atomic mass is 16.6. The van der Waals surface area contributed by atoms with Crippen LogP contribution in [0.25, 0.3) is 33.9 Å². The highest BCUT2D eigenvalue weighted by Gasteiger charge is 2.13. The lowest BCUT2D eigenvalue weighted by Crippen LogP contribution is -1.86. The van der Waals surface area contributed by atoms with E-state index < -0.39 is 4.92 Å². The van der Waals surface area contributed by atoms with Crippen LogP contribution >= 0.6 is 0 Å². The summed E-state index contributed by atoms with van der Waals surface area (Å²) in [5.41, 5.74) is 2.59. The Bertz CT molecular complexity index is 988. The molecule has 0 aliphatic rings. The maximum Gasteiger partial charge on any atom is 0.273 e. The molecule has 0 aliphatic carbocycles. The van der Waals surface area contributed by atoms with Crippen LogP contribution in [0.2, 0.25) is 0 Å². The fourth-order valence-electron chi connectivity index (χ4n) is 2.29. The maximum atomic E-state index is 10.8. The summed E-state index contributed by atoms with van der Waals surface area (Å²) in [5.74, 6) is 1.08. The van der Waals surface area contributed by atoms with Gasteiger partial charge in [0, 0.05) is 17.2 Å². The molecule has 0 unspecified atom stereocenters. The summed E-state index contributed by atoms with van der Waals surface area (Å²) in [7, 11) is 0. The molecule has 2 aromatic heterocycles. The molecular weight excluding hydrogens is 298 g/mol. The molecule has 0 atom stereocenters. The normalized spacial score (nSPS) is 11.0. The zero-order valence-electron chi connectivity index (χ0n) is 11.7. The summed E-state index contributed by atoms with van der Waals surface area (Å²) in [6, 6.07) is 11.8. The molecule has 0 spiro atoms. The van der Waals surface area contributed by atoms with Gasteiger partial charge >= 0.3 is 0 Å². The smallest absolute Gasteiger partial charge is 0.273 e. The van der Waals surface area contributed by atoms with Gasteiger partial charge < -0.3 is 8.83 Å². The van der Waals surface area contributed by atoms with Crippen LogP contribution in [0.15, 0.2) is 63.9 Å². The van der Waals surface area contributed by atoms with E-state index >= 15 is 0 Å². The van der Waals surface area contributed by atoms with Crippen molar-refractivity contribution in [2.75, 3.05) is 0 Å². The van der Waals surface area contributed by atoms with Gasteiger partial charge in [0.2, 0.25) is 5.89 Å². The van der Waals surface area contributed by atoms with Crippen LogP contribution in [0, 0.1) is 10.1 Å². The molecule has 2 aromatic carbocycles. The average molecular weight is 307 g/mol. The molecule has 4 rings (SSSR count). The Hall–Kier alpha value is -3.48. The third kappa shape index (κ3) is 2.34. The predicted molar refractivity (Wildman–Crippen MR) is 81.6 cm³/mol. The first kappa shape index (κ1) is 13.2. The van der Waals surface area contributed by atoms with E-state index in [2.05, 4.69) is 9.97 Å². The highest BCUT2D eigenvalue weighted by Crippen LogP contribution is 2.28. The number of nitro groups is 1. The standard InChI is InChI=1S/C16H9N3O4/c20-19(21)12-5-6-13-14(7-12)23-16(18-13)11-3-1-10(2-4-11)15-8-17-9-22-15/h1-9H. The van der Waals surface area contributed by atoms with Crippen LogP contribution in [0.4, 0.5) is 5.69 Å². The lowest BCUT2D eigenvalue weighted by atomic mass is 10.1. The van der Waals surface area contributed by atoms with Gasteiger partial charge in [0.05, 0.1) is 17.2 Å². The first-order chi connectivity index (χ1) is 11.2. The minimum Gasteiger partial charge on any atom is -0.444 e. The van der Waals surface area contributed by atoms with Crippen LogP contribution in [-0.4, -0.2) is 14.9 Å². The summed E-state index contributed by atoms with van der Waals surface area (Å²) in [4.78, 5) is 18.6. The Labute approximate surface area is 129 Å². The molecule has 0 N–H and O–H groups in total. The molecule has 0 fully saturated rings. The minimum atomic E-state index is -0.464. The van der Waals surface area contributed by atoms with Crippen molar-refractivity contribution in [3.63, 3.8) is 0 Å². The molecule has 7 nitrogen and oxygen atoms in total. The number of rotatable bonds is 3. The molecule has 0 amide bonds. The number of oxazole rings is 2. The van der Waals surface area contributed by atoms with Gasteiger partial charge in [-0.2, -0.15) is 0 Å². The Morgan fingerprint density at radius 2 is 1.83 bits per heavy atom. The second kappa shape index (κ2) is 5.06. The highest BCUT2D eigenvalue weighted by molar-refractivity contribution is 5.78. The zero-order valence-corrected chi connectivity index (χ0v) is 11.7. The molecule has 0 bridgehead atoms. The number of benzene rings is 2. The summed E-state index contributed by atoms with van der Waals surface area (Å²) in [6.45, 7) is 0. The summed E-state index contributed by atoms with van der Waals surface area (Å²) >= 11 is 0. The average Bonchev–Trinajstić information content (AvgIpc) is 3.23. The molecule has 112 valence electrons. The van der Waals surface area contributed by atoms with Crippen molar-refractivity contribution in [2.45, 2.75) is 0 Å². The fourth-order valence-corrected chi connectivity index (χ4v) is 2.29. The second-order valence-electron chi connectivity index (χ2n) is 4.87. The largest absolute Gasteiger partial charge is 0.444 e. The number of hydrogen-bond acceptors (Lipinski definition) is 6. The van der Waals surface area contributed by atoms with E-state index in [1.807, 2.05) is 24.3 Å². The van der Waals surface area contributed by atoms with Crippen LogP contribution in [0.5, 0.6) is 0 Å². The van der Waals surface area contributed by atoms with E-state index in [-0.39, 0.29) is 5.69 Å². The lowest BCUT2D eigenvalue weighted by Gasteiger charge is -1.98. The molecule has 0 saturated heterocycles. The number of nitro benzene ring substituents is 1. The molecule has 0 radical (unpaired) electrons. The minimum absolute atomic E-state index is 0.0270. The Kier molecular flexibility index (Phi) is 2.90. The van der Waals surface area contributed by atoms with Gasteiger partial charge in [-0.25, -0.2) is 9.97 Å². The Morgan fingerprint density at radius 1 is 1.04 bits per heavy atom. The number of aromatic nitrogens is 2. The maximum absolute atomic E-state index is 10.8. The van der Waals surface area contributed by atoms with Gasteiger partial charge in [-0.1, -0.05) is 12.1 Å². The van der Waals surface area contributed by atoms with Crippen molar-refractivity contribution in [1.29, 1.82) is 0 Å². The second-order valence-corrected chi connectivity index (χ2v) is 4.87. The van der Waals surface area contributed by atoms with Crippen molar-refractivity contribution in [3.8, 4) is 22.8 Å². The van der Waals surface area contributed by atoms with Crippen LogP contribution < -0.4 is 0 Å². The number of non-ortho nitro benzene ring substituents is 1. The van der Waals surface area contributed by atoms with Gasteiger partial charge in [0.15, 0.2) is 17.7 Å². The molecule has 0 saturated carbocycles. The van der Waals surface area contributed by atoms with E-state index in [1.165, 1.54) is 18.5 Å². The first-order valence-electron chi connectivity index (χ1n) is 6.75. The first-order valence-corrected chi connectivity index (χ1v) is 6.75. The van der Waals surface area contributed by atoms with Crippen molar-refractivity contribution >= 4 is 16.8 Å². The SMILES string of the molecule is O=[N+]([O-])c1ccc2nc(-c3ccc(-c4cnco4)cc3)oc2c1. The van der Waals surface area contributed by atoms with Crippen LogP contribution in [0.1, 0.15) is 0 Å². The molecule has 0 aliphatic heterocycles. The van der Waals surface area contributed by atoms with Crippen LogP contribution in [-0.2, 0) is 0 Å². The Balaban J connectivity index is 1.72. The lowest BCUT2D eigenvalue weighted by molar-refractivity contribution is -0.384.